The van der Waals surface area contributed by atoms with Gasteiger partial charge in [0.25, 0.3) is 0 Å². The number of benzene rings is 8. The maximum absolute atomic E-state index is 4.03. The van der Waals surface area contributed by atoms with E-state index in [1.54, 1.807) is 0 Å². The van der Waals surface area contributed by atoms with Gasteiger partial charge in [-0.15, -0.1) is 0 Å². The van der Waals surface area contributed by atoms with Gasteiger partial charge in [0.05, 0.1) is 6.04 Å². The Morgan fingerprint density at radius 3 is 1.77 bits per heavy atom. The summed E-state index contributed by atoms with van der Waals surface area (Å²) in [4.78, 5) is 0. The average molecular weight is 615 g/mol. The van der Waals surface area contributed by atoms with Gasteiger partial charge in [-0.1, -0.05) is 164 Å². The third-order valence-electron chi connectivity index (χ3n) is 9.72. The first-order valence-electron chi connectivity index (χ1n) is 16.7. The van der Waals surface area contributed by atoms with Crippen LogP contribution in [0.2, 0.25) is 0 Å². The Morgan fingerprint density at radius 1 is 0.417 bits per heavy atom. The molecule has 0 aromatic heterocycles. The maximum Gasteiger partial charge on any atom is 0.105 e. The third-order valence-corrected chi connectivity index (χ3v) is 9.72. The van der Waals surface area contributed by atoms with Gasteiger partial charge in [-0.2, -0.15) is 0 Å². The van der Waals surface area contributed by atoms with Crippen LogP contribution in [0.4, 0.5) is 0 Å². The number of fused-ring (bicyclic) bond motifs is 4. The maximum atomic E-state index is 4.03. The summed E-state index contributed by atoms with van der Waals surface area (Å²) in [5, 5.41) is 15.6. The second-order valence-corrected chi connectivity index (χ2v) is 12.6. The van der Waals surface area contributed by atoms with Gasteiger partial charge in [0.1, 0.15) is 6.17 Å². The molecule has 0 saturated heterocycles. The Bertz CT molecular complexity index is 2450. The Morgan fingerprint density at radius 2 is 1.02 bits per heavy atom. The monoisotopic (exact) mass is 614 g/mol. The van der Waals surface area contributed by atoms with Crippen molar-refractivity contribution < 1.29 is 0 Å². The summed E-state index contributed by atoms with van der Waals surface area (Å²) in [6.07, 6.45) is 2.20. The predicted molar refractivity (Wildman–Crippen MR) is 202 cm³/mol. The zero-order chi connectivity index (χ0) is 31.9. The quantitative estimate of drug-likeness (QED) is 0.149. The van der Waals surface area contributed by atoms with Gasteiger partial charge >= 0.3 is 0 Å². The fourth-order valence-corrected chi connectivity index (χ4v) is 7.44. The van der Waals surface area contributed by atoms with E-state index in [1.807, 2.05) is 0 Å². The van der Waals surface area contributed by atoms with Crippen molar-refractivity contribution in [3.05, 3.63) is 199 Å². The molecule has 0 aliphatic carbocycles. The summed E-state index contributed by atoms with van der Waals surface area (Å²) in [5.74, 6) is 0. The molecule has 0 fully saturated rings. The molecule has 0 bridgehead atoms. The molecular formula is C46H34N2. The van der Waals surface area contributed by atoms with E-state index in [2.05, 4.69) is 193 Å². The molecule has 48 heavy (non-hydrogen) atoms. The van der Waals surface area contributed by atoms with E-state index in [0.717, 1.165) is 11.3 Å². The molecule has 0 radical (unpaired) electrons. The number of hydrogen-bond acceptors (Lipinski definition) is 2. The zero-order valence-corrected chi connectivity index (χ0v) is 26.5. The largest absolute Gasteiger partial charge is 0.366 e. The van der Waals surface area contributed by atoms with Crippen LogP contribution in [0.25, 0.3) is 60.3 Å². The lowest BCUT2D eigenvalue weighted by atomic mass is 9.88. The number of rotatable bonds is 5. The van der Waals surface area contributed by atoms with Crippen molar-refractivity contribution in [2.24, 2.45) is 0 Å². The second kappa shape index (κ2) is 12.0. The van der Waals surface area contributed by atoms with Gasteiger partial charge in [-0.25, -0.2) is 0 Å². The highest BCUT2D eigenvalue weighted by molar-refractivity contribution is 6.15. The molecule has 2 N–H and O–H groups in total. The molecule has 0 spiro atoms. The van der Waals surface area contributed by atoms with Crippen molar-refractivity contribution in [3.63, 3.8) is 0 Å². The van der Waals surface area contributed by atoms with Gasteiger partial charge in [0, 0.05) is 11.3 Å². The molecule has 0 amide bonds. The van der Waals surface area contributed by atoms with Gasteiger partial charge in [0.15, 0.2) is 0 Å². The van der Waals surface area contributed by atoms with E-state index in [4.69, 9.17) is 0 Å². The molecule has 1 aliphatic rings. The van der Waals surface area contributed by atoms with Gasteiger partial charge < -0.3 is 5.32 Å². The molecule has 2 atom stereocenters. The molecule has 8 aromatic carbocycles. The summed E-state index contributed by atoms with van der Waals surface area (Å²) in [5.41, 5.74) is 9.65. The van der Waals surface area contributed by atoms with Crippen LogP contribution in [0.3, 0.4) is 0 Å². The van der Waals surface area contributed by atoms with Crippen molar-refractivity contribution >= 4 is 38.0 Å². The first kappa shape index (κ1) is 28.3. The molecule has 9 rings (SSSR count). The van der Waals surface area contributed by atoms with E-state index in [1.165, 1.54) is 65.7 Å². The van der Waals surface area contributed by atoms with Crippen molar-refractivity contribution in [1.29, 1.82) is 0 Å². The summed E-state index contributed by atoms with van der Waals surface area (Å²) in [6, 6.07) is 63.6. The summed E-state index contributed by atoms with van der Waals surface area (Å²) in [7, 11) is 0. The van der Waals surface area contributed by atoms with Crippen LogP contribution < -0.4 is 10.6 Å². The van der Waals surface area contributed by atoms with E-state index in [0.29, 0.717) is 0 Å². The lowest BCUT2D eigenvalue weighted by Gasteiger charge is -2.35. The topological polar surface area (TPSA) is 24.1 Å². The highest BCUT2D eigenvalue weighted by atomic mass is 15.2. The Labute approximate surface area is 281 Å². The highest BCUT2D eigenvalue weighted by Gasteiger charge is 2.28. The Balaban J connectivity index is 1.26. The van der Waals surface area contributed by atoms with Crippen LogP contribution in [0.5, 0.6) is 0 Å². The van der Waals surface area contributed by atoms with Crippen molar-refractivity contribution in [2.45, 2.75) is 12.2 Å². The van der Waals surface area contributed by atoms with Crippen molar-refractivity contribution in [3.8, 4) is 22.3 Å². The second-order valence-electron chi connectivity index (χ2n) is 12.6. The Hall–Kier alpha value is -5.96. The number of hydrogen-bond donors (Lipinski definition) is 2. The van der Waals surface area contributed by atoms with Gasteiger partial charge in [0.2, 0.25) is 0 Å². The third kappa shape index (κ3) is 5.04. The normalized spacial score (nSPS) is 16.1. The minimum absolute atomic E-state index is 0.00502. The SMILES string of the molecule is C1=C(c2ccc(-c3ccccc3)c(-c3ccccc3)c2)NC(c2c3ccccc3cc3ccc4ccccc4c23)NC1c1ccccc1. The first-order valence-corrected chi connectivity index (χ1v) is 16.7. The number of nitrogens with one attached hydrogen (secondary N) is 2. The van der Waals surface area contributed by atoms with Crippen LogP contribution in [0, 0.1) is 0 Å². The summed E-state index contributed by atoms with van der Waals surface area (Å²) in [6.45, 7) is 0. The molecule has 8 aromatic rings. The van der Waals surface area contributed by atoms with Crippen LogP contribution >= 0.6 is 0 Å². The van der Waals surface area contributed by atoms with Crippen molar-refractivity contribution in [1.82, 2.24) is 10.6 Å². The fraction of sp³-hybridized carbons (Fsp3) is 0.0435. The highest BCUT2D eigenvalue weighted by Crippen LogP contribution is 2.41. The molecule has 0 saturated carbocycles. The predicted octanol–water partition coefficient (Wildman–Crippen LogP) is 11.5. The summed E-state index contributed by atoms with van der Waals surface area (Å²) < 4.78 is 0. The standard InChI is InChI=1S/C46H34N2/c1-4-14-31(15-5-1)38-27-26-36(29-41(38)32-16-6-2-7-17-32)43-30-42(34-19-8-3-9-20-34)47-46(48-43)45-40-23-13-11-21-35(40)28-37-25-24-33-18-10-12-22-39(33)44(37)45/h1-30,42,46-48H. The minimum atomic E-state index is -0.149. The van der Waals surface area contributed by atoms with E-state index in [9.17, 15) is 0 Å². The van der Waals surface area contributed by atoms with Gasteiger partial charge in [-0.05, 0) is 83.9 Å². The molecular weight excluding hydrogens is 581 g/mol. The summed E-state index contributed by atoms with van der Waals surface area (Å²) >= 11 is 0. The molecule has 2 unspecified atom stereocenters. The van der Waals surface area contributed by atoms with Crippen molar-refractivity contribution in [2.75, 3.05) is 0 Å². The fourth-order valence-electron chi connectivity index (χ4n) is 7.44. The Kier molecular flexibility index (Phi) is 7.07. The van der Waals surface area contributed by atoms with E-state index >= 15 is 0 Å². The first-order chi connectivity index (χ1) is 23.8. The van der Waals surface area contributed by atoms with Crippen LogP contribution in [0.1, 0.15) is 28.9 Å². The smallest absolute Gasteiger partial charge is 0.105 e. The van der Waals surface area contributed by atoms with Crippen LogP contribution in [-0.2, 0) is 0 Å². The molecule has 1 aliphatic heterocycles. The zero-order valence-electron chi connectivity index (χ0n) is 26.5. The minimum Gasteiger partial charge on any atom is -0.366 e. The van der Waals surface area contributed by atoms with Gasteiger partial charge in [-0.3, -0.25) is 5.32 Å². The van der Waals surface area contributed by atoms with E-state index in [-0.39, 0.29) is 12.2 Å². The average Bonchev–Trinajstić information content (AvgIpc) is 3.17. The lowest BCUT2D eigenvalue weighted by molar-refractivity contribution is 0.447. The van der Waals surface area contributed by atoms with Crippen LogP contribution in [0.15, 0.2) is 182 Å². The van der Waals surface area contributed by atoms with E-state index < -0.39 is 0 Å². The van der Waals surface area contributed by atoms with Crippen LogP contribution in [-0.4, -0.2) is 0 Å². The molecule has 228 valence electrons. The lowest BCUT2D eigenvalue weighted by Crippen LogP contribution is -2.39. The molecule has 2 heteroatoms. The molecule has 2 nitrogen and oxygen atoms in total. The molecule has 1 heterocycles.